The largest absolute Gasteiger partial charge is 0.364 e. The van der Waals surface area contributed by atoms with E-state index in [0.29, 0.717) is 13.2 Å². The second-order valence-electron chi connectivity index (χ2n) is 6.02. The van der Waals surface area contributed by atoms with Crippen LogP contribution in [0.4, 0.5) is 0 Å². The molecule has 0 bridgehead atoms. The Balaban J connectivity index is 1.96. The minimum atomic E-state index is -0.512. The van der Waals surface area contributed by atoms with Gasteiger partial charge in [0.25, 0.3) is 5.91 Å². The third kappa shape index (κ3) is 4.55. The number of hydrogen-bond donors (Lipinski definition) is 2. The predicted molar refractivity (Wildman–Crippen MR) is 84.0 cm³/mol. The molecule has 4 heteroatoms. The molecule has 21 heavy (non-hydrogen) atoms. The van der Waals surface area contributed by atoms with Crippen LogP contribution in [-0.2, 0) is 9.53 Å². The summed E-state index contributed by atoms with van der Waals surface area (Å²) in [5.74, 6) is -0.0391. The van der Waals surface area contributed by atoms with Crippen LogP contribution in [0.3, 0.4) is 0 Å². The summed E-state index contributed by atoms with van der Waals surface area (Å²) in [6, 6.07) is 9.68. The molecule has 1 aliphatic rings. The van der Waals surface area contributed by atoms with Gasteiger partial charge >= 0.3 is 0 Å². The van der Waals surface area contributed by atoms with Crippen LogP contribution in [-0.4, -0.2) is 32.1 Å². The number of carbonyl (C=O) groups is 1. The first-order valence-corrected chi connectivity index (χ1v) is 7.79. The molecule has 1 unspecified atom stereocenters. The van der Waals surface area contributed by atoms with Crippen LogP contribution in [0.25, 0.3) is 0 Å². The summed E-state index contributed by atoms with van der Waals surface area (Å²) in [6.07, 6.45) is 1.68. The first-order chi connectivity index (χ1) is 10.1. The van der Waals surface area contributed by atoms with E-state index in [1.165, 1.54) is 0 Å². The number of nitrogens with one attached hydrogen (secondary N) is 2. The first-order valence-electron chi connectivity index (χ1n) is 7.79. The molecule has 2 N–H and O–H groups in total. The minimum absolute atomic E-state index is 0.0391. The predicted octanol–water partition coefficient (Wildman–Crippen LogP) is 2.27. The van der Waals surface area contributed by atoms with E-state index >= 15 is 0 Å². The van der Waals surface area contributed by atoms with Gasteiger partial charge in [-0.25, -0.2) is 0 Å². The summed E-state index contributed by atoms with van der Waals surface area (Å²) in [4.78, 5) is 12.5. The van der Waals surface area contributed by atoms with Gasteiger partial charge in [-0.3, -0.25) is 4.79 Å². The van der Waals surface area contributed by atoms with Gasteiger partial charge in [-0.15, -0.1) is 0 Å². The summed E-state index contributed by atoms with van der Waals surface area (Å²) in [7, 11) is 0. The fourth-order valence-corrected chi connectivity index (χ4v) is 2.72. The zero-order valence-electron chi connectivity index (χ0n) is 13.0. The van der Waals surface area contributed by atoms with Gasteiger partial charge < -0.3 is 15.4 Å². The lowest BCUT2D eigenvalue weighted by atomic mass is 9.81. The molecular formula is C17H26N2O2. The number of piperidine rings is 1. The summed E-state index contributed by atoms with van der Waals surface area (Å²) in [6.45, 7) is 7.45. The van der Waals surface area contributed by atoms with Crippen LogP contribution in [0, 0.1) is 5.41 Å². The Morgan fingerprint density at radius 3 is 2.62 bits per heavy atom. The number of hydrogen-bond acceptors (Lipinski definition) is 3. The van der Waals surface area contributed by atoms with E-state index in [4.69, 9.17) is 4.74 Å². The molecule has 0 spiro atoms. The molecule has 4 nitrogen and oxygen atoms in total. The van der Waals surface area contributed by atoms with Crippen LogP contribution in [0.1, 0.15) is 38.4 Å². The zero-order chi connectivity index (χ0) is 15.1. The number of rotatable bonds is 6. The normalized spacial score (nSPS) is 19.0. The lowest BCUT2D eigenvalue weighted by Crippen LogP contribution is -2.44. The summed E-state index contributed by atoms with van der Waals surface area (Å²) < 4.78 is 5.64. The monoisotopic (exact) mass is 290 g/mol. The van der Waals surface area contributed by atoms with Gasteiger partial charge in [0.15, 0.2) is 6.10 Å². The summed E-state index contributed by atoms with van der Waals surface area (Å²) >= 11 is 0. The Morgan fingerprint density at radius 2 is 2.00 bits per heavy atom. The maximum Gasteiger partial charge on any atom is 0.253 e. The van der Waals surface area contributed by atoms with Crippen molar-refractivity contribution in [3.8, 4) is 0 Å². The standard InChI is InChI=1S/C17H26N2O2/c1-3-21-15(14-7-5-4-6-8-14)16(20)19-13-17(2)9-11-18-12-10-17/h4-8,15,18H,3,9-13H2,1-2H3,(H,19,20). The average molecular weight is 290 g/mol. The second-order valence-corrected chi connectivity index (χ2v) is 6.02. The third-order valence-electron chi connectivity index (χ3n) is 4.17. The van der Waals surface area contributed by atoms with E-state index in [9.17, 15) is 4.79 Å². The Hall–Kier alpha value is -1.39. The maximum absolute atomic E-state index is 12.5. The van der Waals surface area contributed by atoms with Crippen LogP contribution in [0.15, 0.2) is 30.3 Å². The van der Waals surface area contributed by atoms with Crippen molar-refractivity contribution in [3.63, 3.8) is 0 Å². The Labute approximate surface area is 127 Å². The van der Waals surface area contributed by atoms with E-state index in [1.807, 2.05) is 37.3 Å². The van der Waals surface area contributed by atoms with Gasteiger partial charge in [0.05, 0.1) is 0 Å². The van der Waals surface area contributed by atoms with Crippen molar-refractivity contribution in [2.24, 2.45) is 5.41 Å². The molecule has 1 fully saturated rings. The van der Waals surface area contributed by atoms with Crippen molar-refractivity contribution in [1.82, 2.24) is 10.6 Å². The molecule has 1 aromatic rings. The van der Waals surface area contributed by atoms with Crippen LogP contribution in [0.2, 0.25) is 0 Å². The summed E-state index contributed by atoms with van der Waals surface area (Å²) in [5.41, 5.74) is 1.10. The summed E-state index contributed by atoms with van der Waals surface area (Å²) in [5, 5.41) is 6.44. The number of carbonyl (C=O) groups excluding carboxylic acids is 1. The van der Waals surface area contributed by atoms with Crippen molar-refractivity contribution in [3.05, 3.63) is 35.9 Å². The van der Waals surface area contributed by atoms with Crippen molar-refractivity contribution >= 4 is 5.91 Å². The highest BCUT2D eigenvalue weighted by atomic mass is 16.5. The molecule has 1 aliphatic heterocycles. The van der Waals surface area contributed by atoms with Crippen molar-refractivity contribution < 1.29 is 9.53 Å². The first kappa shape index (κ1) is 16.0. The van der Waals surface area contributed by atoms with Gasteiger partial charge in [-0.05, 0) is 43.8 Å². The molecule has 2 rings (SSSR count). The molecule has 0 aromatic heterocycles. The fraction of sp³-hybridized carbons (Fsp3) is 0.588. The minimum Gasteiger partial charge on any atom is -0.364 e. The Morgan fingerprint density at radius 1 is 1.33 bits per heavy atom. The van der Waals surface area contributed by atoms with Gasteiger partial charge in [0, 0.05) is 13.2 Å². The zero-order valence-corrected chi connectivity index (χ0v) is 13.0. The molecule has 116 valence electrons. The smallest absolute Gasteiger partial charge is 0.253 e. The van der Waals surface area contributed by atoms with E-state index in [-0.39, 0.29) is 11.3 Å². The molecule has 1 saturated heterocycles. The maximum atomic E-state index is 12.5. The van der Waals surface area contributed by atoms with Gasteiger partial charge in [0.2, 0.25) is 0 Å². The highest BCUT2D eigenvalue weighted by molar-refractivity contribution is 5.82. The van der Waals surface area contributed by atoms with Crippen molar-refractivity contribution in [1.29, 1.82) is 0 Å². The van der Waals surface area contributed by atoms with Crippen LogP contribution in [0.5, 0.6) is 0 Å². The number of benzene rings is 1. The van der Waals surface area contributed by atoms with Gasteiger partial charge in [-0.1, -0.05) is 37.3 Å². The Kier molecular flexibility index (Phi) is 5.76. The van der Waals surface area contributed by atoms with E-state index < -0.39 is 6.10 Å². The molecule has 0 saturated carbocycles. The van der Waals surface area contributed by atoms with E-state index in [0.717, 1.165) is 31.5 Å². The topological polar surface area (TPSA) is 50.4 Å². The van der Waals surface area contributed by atoms with Crippen molar-refractivity contribution in [2.75, 3.05) is 26.2 Å². The molecule has 1 heterocycles. The Bertz CT molecular complexity index is 441. The fourth-order valence-electron chi connectivity index (χ4n) is 2.72. The van der Waals surface area contributed by atoms with E-state index in [2.05, 4.69) is 17.6 Å². The lowest BCUT2D eigenvalue weighted by molar-refractivity contribution is -0.133. The average Bonchev–Trinajstić information content (AvgIpc) is 2.52. The van der Waals surface area contributed by atoms with E-state index in [1.54, 1.807) is 0 Å². The lowest BCUT2D eigenvalue weighted by Gasteiger charge is -2.34. The quantitative estimate of drug-likeness (QED) is 0.845. The molecule has 1 aromatic carbocycles. The number of amides is 1. The SMILES string of the molecule is CCOC(C(=O)NCC1(C)CCNCC1)c1ccccc1. The van der Waals surface area contributed by atoms with Crippen LogP contribution < -0.4 is 10.6 Å². The number of ether oxygens (including phenoxy) is 1. The van der Waals surface area contributed by atoms with Crippen molar-refractivity contribution in [2.45, 2.75) is 32.8 Å². The molecule has 1 atom stereocenters. The molecule has 0 aliphatic carbocycles. The van der Waals surface area contributed by atoms with Gasteiger partial charge in [-0.2, -0.15) is 0 Å². The second kappa shape index (κ2) is 7.57. The van der Waals surface area contributed by atoms with Crippen LogP contribution >= 0.6 is 0 Å². The molecule has 1 amide bonds. The molecule has 0 radical (unpaired) electrons. The third-order valence-corrected chi connectivity index (χ3v) is 4.17. The highest BCUT2D eigenvalue weighted by Crippen LogP contribution is 2.27. The molecular weight excluding hydrogens is 264 g/mol. The van der Waals surface area contributed by atoms with Gasteiger partial charge in [0.1, 0.15) is 0 Å². The highest BCUT2D eigenvalue weighted by Gasteiger charge is 2.29.